The monoisotopic (exact) mass is 519 g/mol. The molecule has 0 radical (unpaired) electrons. The number of para-hydroxylation sites is 1. The predicted molar refractivity (Wildman–Crippen MR) is 155 cm³/mol. The fourth-order valence-corrected chi connectivity index (χ4v) is 4.97. The summed E-state index contributed by atoms with van der Waals surface area (Å²) in [5.41, 5.74) is 5.53. The molecule has 0 spiro atoms. The minimum atomic E-state index is -0.274. The van der Waals surface area contributed by atoms with Crippen LogP contribution < -0.4 is 5.32 Å². The largest absolute Gasteiger partial charge is 0.320 e. The van der Waals surface area contributed by atoms with E-state index in [4.69, 9.17) is 9.97 Å². The van der Waals surface area contributed by atoms with Crippen molar-refractivity contribution in [2.75, 3.05) is 26.0 Å². The lowest BCUT2D eigenvalue weighted by Crippen LogP contribution is -2.17. The van der Waals surface area contributed by atoms with Gasteiger partial charge in [-0.25, -0.2) is 15.0 Å². The first-order chi connectivity index (χ1) is 18.6. The number of aryl methyl sites for hydroxylation is 1. The van der Waals surface area contributed by atoms with E-state index in [9.17, 15) is 4.79 Å². The van der Waals surface area contributed by atoms with Crippen LogP contribution in [0.2, 0.25) is 0 Å². The van der Waals surface area contributed by atoms with Gasteiger partial charge in [0.1, 0.15) is 10.7 Å². The van der Waals surface area contributed by atoms with E-state index in [2.05, 4.69) is 29.3 Å². The van der Waals surface area contributed by atoms with Gasteiger partial charge in [0.15, 0.2) is 5.82 Å². The van der Waals surface area contributed by atoms with Gasteiger partial charge in [0, 0.05) is 27.8 Å². The second-order valence-corrected chi connectivity index (χ2v) is 10.1. The van der Waals surface area contributed by atoms with Gasteiger partial charge in [-0.1, -0.05) is 78.9 Å². The van der Waals surface area contributed by atoms with Gasteiger partial charge in [0.2, 0.25) is 0 Å². The summed E-state index contributed by atoms with van der Waals surface area (Å²) < 4.78 is 0. The summed E-state index contributed by atoms with van der Waals surface area (Å²) >= 11 is 1.58. The lowest BCUT2D eigenvalue weighted by Gasteiger charge is -2.12. The zero-order chi connectivity index (χ0) is 26.3. The number of carbonyl (C=O) groups is 1. The highest BCUT2D eigenvalue weighted by atomic mass is 32.1. The average Bonchev–Trinajstić information content (AvgIpc) is 3.44. The molecule has 190 valence electrons. The molecule has 0 aliphatic heterocycles. The smallest absolute Gasteiger partial charge is 0.274 e. The number of anilines is 1. The summed E-state index contributed by atoms with van der Waals surface area (Å²) in [6.07, 6.45) is 1.70. The van der Waals surface area contributed by atoms with Crippen molar-refractivity contribution in [3.05, 3.63) is 108 Å². The van der Waals surface area contributed by atoms with Crippen LogP contribution in [0.4, 0.5) is 5.69 Å². The van der Waals surface area contributed by atoms with Crippen LogP contribution in [0.25, 0.3) is 33.2 Å². The number of rotatable bonds is 9. The molecule has 3 aromatic carbocycles. The Hall–Kier alpha value is -4.20. The van der Waals surface area contributed by atoms with E-state index in [-0.39, 0.29) is 5.91 Å². The van der Waals surface area contributed by atoms with Gasteiger partial charge in [-0.2, -0.15) is 0 Å². The summed E-state index contributed by atoms with van der Waals surface area (Å²) in [5.74, 6) is 0.280. The summed E-state index contributed by atoms with van der Waals surface area (Å²) in [5, 5.41) is 6.04. The van der Waals surface area contributed by atoms with Crippen LogP contribution in [0.15, 0.2) is 96.4 Å². The van der Waals surface area contributed by atoms with Gasteiger partial charge >= 0.3 is 0 Å². The average molecular weight is 520 g/mol. The van der Waals surface area contributed by atoms with Crippen LogP contribution in [0.5, 0.6) is 0 Å². The highest BCUT2D eigenvalue weighted by Crippen LogP contribution is 2.33. The van der Waals surface area contributed by atoms with E-state index in [0.29, 0.717) is 17.2 Å². The second-order valence-electron chi connectivity index (χ2n) is 9.24. The summed E-state index contributed by atoms with van der Waals surface area (Å²) in [6.45, 7) is 0.943. The maximum absolute atomic E-state index is 13.5. The zero-order valence-electron chi connectivity index (χ0n) is 21.5. The minimum absolute atomic E-state index is 0.274. The number of amides is 1. The number of benzene rings is 3. The van der Waals surface area contributed by atoms with Crippen molar-refractivity contribution in [3.63, 3.8) is 0 Å². The van der Waals surface area contributed by atoms with Crippen molar-refractivity contribution < 1.29 is 4.79 Å². The quantitative estimate of drug-likeness (QED) is 0.235. The van der Waals surface area contributed by atoms with Crippen molar-refractivity contribution in [1.29, 1.82) is 0 Å². The molecule has 6 nitrogen and oxygen atoms in total. The van der Waals surface area contributed by atoms with E-state index in [0.717, 1.165) is 52.5 Å². The molecular weight excluding hydrogens is 490 g/mol. The molecule has 0 fully saturated rings. The summed E-state index contributed by atoms with van der Waals surface area (Å²) in [7, 11) is 4.10. The Balaban J connectivity index is 1.43. The van der Waals surface area contributed by atoms with E-state index in [1.807, 2.05) is 90.3 Å². The minimum Gasteiger partial charge on any atom is -0.320 e. The molecule has 0 aliphatic rings. The maximum Gasteiger partial charge on any atom is 0.274 e. The Labute approximate surface area is 227 Å². The Kier molecular flexibility index (Phi) is 7.97. The molecule has 5 rings (SSSR count). The first-order valence-corrected chi connectivity index (χ1v) is 13.4. The molecular formula is C31H29N5OS. The van der Waals surface area contributed by atoms with Gasteiger partial charge in [-0.15, -0.1) is 11.3 Å². The predicted octanol–water partition coefficient (Wildman–Crippen LogP) is 6.68. The van der Waals surface area contributed by atoms with Crippen molar-refractivity contribution in [1.82, 2.24) is 19.9 Å². The first-order valence-electron chi connectivity index (χ1n) is 12.6. The highest BCUT2D eigenvalue weighted by molar-refractivity contribution is 7.13. The summed E-state index contributed by atoms with van der Waals surface area (Å²) in [4.78, 5) is 29.9. The molecule has 0 bridgehead atoms. The van der Waals surface area contributed by atoms with Gasteiger partial charge in [0.25, 0.3) is 5.91 Å². The third kappa shape index (κ3) is 6.19. The highest BCUT2D eigenvalue weighted by Gasteiger charge is 2.17. The second kappa shape index (κ2) is 11.9. The lowest BCUT2D eigenvalue weighted by atomic mass is 10.1. The fourth-order valence-electron chi connectivity index (χ4n) is 4.15. The van der Waals surface area contributed by atoms with E-state index >= 15 is 0 Å². The molecule has 0 saturated heterocycles. The Morgan fingerprint density at radius 1 is 0.842 bits per heavy atom. The zero-order valence-corrected chi connectivity index (χ0v) is 22.3. The van der Waals surface area contributed by atoms with Gasteiger partial charge < -0.3 is 10.2 Å². The molecule has 0 unspecified atom stereocenters. The third-order valence-corrected chi connectivity index (χ3v) is 6.95. The van der Waals surface area contributed by atoms with E-state index < -0.39 is 0 Å². The van der Waals surface area contributed by atoms with Crippen molar-refractivity contribution in [2.45, 2.75) is 12.8 Å². The normalized spacial score (nSPS) is 11.0. The van der Waals surface area contributed by atoms with E-state index in [1.165, 1.54) is 0 Å². The number of nitrogens with one attached hydrogen (secondary N) is 1. The number of hydrogen-bond acceptors (Lipinski definition) is 6. The van der Waals surface area contributed by atoms with Crippen LogP contribution in [0.3, 0.4) is 0 Å². The van der Waals surface area contributed by atoms with Crippen molar-refractivity contribution in [3.8, 4) is 33.2 Å². The molecule has 2 heterocycles. The molecule has 1 N–H and O–H groups in total. The van der Waals surface area contributed by atoms with Crippen LogP contribution in [0.1, 0.15) is 22.6 Å². The number of aromatic nitrogens is 3. The molecule has 38 heavy (non-hydrogen) atoms. The number of carbonyl (C=O) groups excluding carboxylic acids is 1. The van der Waals surface area contributed by atoms with Crippen molar-refractivity contribution >= 4 is 22.9 Å². The molecule has 2 aromatic heterocycles. The van der Waals surface area contributed by atoms with Gasteiger partial charge in [-0.3, -0.25) is 4.79 Å². The topological polar surface area (TPSA) is 71.0 Å². The van der Waals surface area contributed by atoms with Crippen LogP contribution >= 0.6 is 11.3 Å². The Morgan fingerprint density at radius 3 is 2.26 bits per heavy atom. The molecule has 5 aromatic rings. The molecule has 0 aliphatic carbocycles. The summed E-state index contributed by atoms with van der Waals surface area (Å²) in [6, 6.07) is 29.4. The van der Waals surface area contributed by atoms with E-state index in [1.54, 1.807) is 17.4 Å². The third-order valence-electron chi connectivity index (χ3n) is 6.06. The van der Waals surface area contributed by atoms with Gasteiger partial charge in [0.05, 0.1) is 11.4 Å². The van der Waals surface area contributed by atoms with Crippen LogP contribution in [-0.4, -0.2) is 46.4 Å². The number of hydrogen-bond donors (Lipinski definition) is 1. The lowest BCUT2D eigenvalue weighted by molar-refractivity contribution is 0.102. The van der Waals surface area contributed by atoms with Crippen LogP contribution in [0, 0.1) is 0 Å². The van der Waals surface area contributed by atoms with Crippen molar-refractivity contribution in [2.24, 2.45) is 0 Å². The molecule has 1 amide bonds. The SMILES string of the molecule is CN(C)CCCc1cc(C(=O)Nc2ccccc2-c2csc(-c3ccccc3)n2)nc(-c2ccccc2)n1. The molecule has 0 atom stereocenters. The maximum atomic E-state index is 13.5. The van der Waals surface area contributed by atoms with Gasteiger partial charge in [-0.05, 0) is 45.6 Å². The number of thiazole rings is 1. The fraction of sp³-hybridized carbons (Fsp3) is 0.161. The standard InChI is InChI=1S/C31H29N5OS/c1-36(2)19-11-16-24-20-27(33-29(32-24)22-12-5-3-6-13-22)30(37)34-26-18-10-9-17-25(26)28-21-38-31(35-28)23-14-7-4-8-15-23/h3-10,12-15,17-18,20-21H,11,16,19H2,1-2H3,(H,34,37). The number of nitrogens with zero attached hydrogens (tertiary/aromatic N) is 4. The van der Waals surface area contributed by atoms with Crippen LogP contribution in [-0.2, 0) is 6.42 Å². The first kappa shape index (κ1) is 25.4. The Morgan fingerprint density at radius 2 is 1.53 bits per heavy atom. The molecule has 7 heteroatoms. The Bertz CT molecular complexity index is 1520. The molecule has 0 saturated carbocycles.